The van der Waals surface area contributed by atoms with Gasteiger partial charge < -0.3 is 9.26 Å². The molecule has 0 fully saturated rings. The highest BCUT2D eigenvalue weighted by molar-refractivity contribution is 5.60. The zero-order chi connectivity index (χ0) is 17.8. The van der Waals surface area contributed by atoms with Crippen LogP contribution in [0.3, 0.4) is 0 Å². The molecule has 6 nitrogen and oxygen atoms in total. The van der Waals surface area contributed by atoms with Gasteiger partial charge in [-0.1, -0.05) is 23.4 Å². The van der Waals surface area contributed by atoms with Crippen LogP contribution in [0.25, 0.3) is 22.8 Å². The molecule has 3 aromatic heterocycles. The van der Waals surface area contributed by atoms with Crippen molar-refractivity contribution in [2.24, 2.45) is 0 Å². The standard InChI is InChI=1S/C19H13FN4O2/c20-16-7-15(10-22-11-16)19-23-18(24-26-19)14-4-1-5-17(8-14)25-12-13-3-2-6-21-9-13/h1-11H,12H2. The predicted octanol–water partition coefficient (Wildman–Crippen LogP) is 3.91. The summed E-state index contributed by atoms with van der Waals surface area (Å²) in [5.74, 6) is 0.794. The quantitative estimate of drug-likeness (QED) is 0.544. The molecule has 0 aliphatic carbocycles. The SMILES string of the molecule is Fc1cncc(-c2nc(-c3cccc(OCc4cccnc4)c3)no2)c1. The molecule has 0 N–H and O–H groups in total. The van der Waals surface area contributed by atoms with Crippen LogP contribution in [-0.2, 0) is 6.61 Å². The third kappa shape index (κ3) is 3.56. The minimum atomic E-state index is -0.465. The van der Waals surface area contributed by atoms with Crippen LogP contribution in [0.1, 0.15) is 5.56 Å². The summed E-state index contributed by atoms with van der Waals surface area (Å²) in [5, 5.41) is 3.95. The van der Waals surface area contributed by atoms with Gasteiger partial charge in [0.2, 0.25) is 5.82 Å². The summed E-state index contributed by atoms with van der Waals surface area (Å²) >= 11 is 0. The maximum absolute atomic E-state index is 13.3. The van der Waals surface area contributed by atoms with Crippen molar-refractivity contribution in [3.05, 3.63) is 78.6 Å². The Bertz CT molecular complexity index is 1020. The number of halogens is 1. The summed E-state index contributed by atoms with van der Waals surface area (Å²) in [7, 11) is 0. The van der Waals surface area contributed by atoms with Crippen LogP contribution in [-0.4, -0.2) is 20.1 Å². The van der Waals surface area contributed by atoms with Crippen molar-refractivity contribution >= 4 is 0 Å². The monoisotopic (exact) mass is 348 g/mol. The van der Waals surface area contributed by atoms with Crippen LogP contribution in [0.5, 0.6) is 5.75 Å². The van der Waals surface area contributed by atoms with E-state index in [0.717, 1.165) is 17.3 Å². The molecule has 26 heavy (non-hydrogen) atoms. The molecular formula is C19H13FN4O2. The first-order valence-electron chi connectivity index (χ1n) is 7.85. The number of hydrogen-bond acceptors (Lipinski definition) is 6. The lowest BCUT2D eigenvalue weighted by atomic mass is 10.2. The number of nitrogens with zero attached hydrogens (tertiary/aromatic N) is 4. The Balaban J connectivity index is 1.53. The van der Waals surface area contributed by atoms with E-state index in [4.69, 9.17) is 9.26 Å². The first-order chi connectivity index (χ1) is 12.8. The number of ether oxygens (including phenoxy) is 1. The van der Waals surface area contributed by atoms with Crippen LogP contribution in [0, 0.1) is 5.82 Å². The fraction of sp³-hybridized carbons (Fsp3) is 0.0526. The molecule has 0 spiro atoms. The van der Waals surface area contributed by atoms with Gasteiger partial charge in [-0.2, -0.15) is 4.98 Å². The molecule has 0 atom stereocenters. The molecule has 128 valence electrons. The van der Waals surface area contributed by atoms with Gasteiger partial charge in [-0.3, -0.25) is 9.97 Å². The maximum Gasteiger partial charge on any atom is 0.259 e. The number of rotatable bonds is 5. The van der Waals surface area contributed by atoms with Gasteiger partial charge in [0, 0.05) is 29.7 Å². The molecule has 4 rings (SSSR count). The minimum Gasteiger partial charge on any atom is -0.489 e. The summed E-state index contributed by atoms with van der Waals surface area (Å²) in [6, 6.07) is 12.4. The highest BCUT2D eigenvalue weighted by Gasteiger charge is 2.12. The minimum absolute atomic E-state index is 0.202. The van der Waals surface area contributed by atoms with Crippen molar-refractivity contribution in [1.82, 2.24) is 20.1 Å². The van der Waals surface area contributed by atoms with E-state index in [1.54, 1.807) is 12.4 Å². The van der Waals surface area contributed by atoms with Crippen molar-refractivity contribution in [2.75, 3.05) is 0 Å². The van der Waals surface area contributed by atoms with Gasteiger partial charge in [0.1, 0.15) is 18.2 Å². The Morgan fingerprint density at radius 1 is 0.962 bits per heavy atom. The molecule has 0 unspecified atom stereocenters. The Kier molecular flexibility index (Phi) is 4.34. The Hall–Kier alpha value is -3.61. The molecule has 0 bridgehead atoms. The average molecular weight is 348 g/mol. The van der Waals surface area contributed by atoms with E-state index in [2.05, 4.69) is 20.1 Å². The van der Waals surface area contributed by atoms with E-state index in [1.165, 1.54) is 12.3 Å². The van der Waals surface area contributed by atoms with Gasteiger partial charge in [-0.15, -0.1) is 0 Å². The second-order valence-corrected chi connectivity index (χ2v) is 5.49. The van der Waals surface area contributed by atoms with Gasteiger partial charge in [-0.25, -0.2) is 4.39 Å². The Morgan fingerprint density at radius 3 is 2.77 bits per heavy atom. The molecular weight excluding hydrogens is 335 g/mol. The van der Waals surface area contributed by atoms with Crippen molar-refractivity contribution < 1.29 is 13.7 Å². The lowest BCUT2D eigenvalue weighted by molar-refractivity contribution is 0.306. The lowest BCUT2D eigenvalue weighted by Gasteiger charge is -2.06. The second-order valence-electron chi connectivity index (χ2n) is 5.49. The number of pyridine rings is 2. The van der Waals surface area contributed by atoms with Gasteiger partial charge in [0.25, 0.3) is 5.89 Å². The van der Waals surface area contributed by atoms with E-state index < -0.39 is 5.82 Å². The lowest BCUT2D eigenvalue weighted by Crippen LogP contribution is -1.95. The number of benzene rings is 1. The van der Waals surface area contributed by atoms with Crippen LogP contribution < -0.4 is 4.74 Å². The van der Waals surface area contributed by atoms with Crippen LogP contribution in [0.15, 0.2) is 71.8 Å². The molecule has 3 heterocycles. The third-order valence-corrected chi connectivity index (χ3v) is 3.60. The van der Waals surface area contributed by atoms with E-state index in [0.29, 0.717) is 23.7 Å². The first kappa shape index (κ1) is 15.9. The zero-order valence-electron chi connectivity index (χ0n) is 13.5. The summed E-state index contributed by atoms with van der Waals surface area (Å²) in [6.45, 7) is 0.406. The predicted molar refractivity (Wildman–Crippen MR) is 91.5 cm³/mol. The van der Waals surface area contributed by atoms with E-state index in [-0.39, 0.29) is 5.89 Å². The molecule has 0 amide bonds. The van der Waals surface area contributed by atoms with Gasteiger partial charge in [0.15, 0.2) is 0 Å². The Labute approximate surface area is 148 Å². The van der Waals surface area contributed by atoms with Gasteiger partial charge in [-0.05, 0) is 24.3 Å². The number of hydrogen-bond donors (Lipinski definition) is 0. The van der Waals surface area contributed by atoms with Crippen molar-refractivity contribution in [1.29, 1.82) is 0 Å². The molecule has 1 aromatic carbocycles. The Morgan fingerprint density at radius 2 is 1.92 bits per heavy atom. The molecule has 4 aromatic rings. The number of aromatic nitrogens is 4. The van der Waals surface area contributed by atoms with Crippen molar-refractivity contribution in [2.45, 2.75) is 6.61 Å². The van der Waals surface area contributed by atoms with Crippen LogP contribution >= 0.6 is 0 Å². The first-order valence-corrected chi connectivity index (χ1v) is 7.85. The molecule has 0 saturated carbocycles. The largest absolute Gasteiger partial charge is 0.489 e. The fourth-order valence-corrected chi connectivity index (χ4v) is 2.36. The summed E-state index contributed by atoms with van der Waals surface area (Å²) in [5.41, 5.74) is 2.12. The van der Waals surface area contributed by atoms with Gasteiger partial charge >= 0.3 is 0 Å². The molecule has 0 radical (unpaired) electrons. The van der Waals surface area contributed by atoms with E-state index >= 15 is 0 Å². The highest BCUT2D eigenvalue weighted by Crippen LogP contribution is 2.25. The fourth-order valence-electron chi connectivity index (χ4n) is 2.36. The molecule has 0 saturated heterocycles. The second kappa shape index (κ2) is 7.10. The average Bonchev–Trinajstić information content (AvgIpc) is 3.18. The van der Waals surface area contributed by atoms with Crippen molar-refractivity contribution in [3.63, 3.8) is 0 Å². The molecule has 0 aliphatic heterocycles. The normalized spacial score (nSPS) is 10.7. The topological polar surface area (TPSA) is 73.9 Å². The van der Waals surface area contributed by atoms with Gasteiger partial charge in [0.05, 0.1) is 11.8 Å². The highest BCUT2D eigenvalue weighted by atomic mass is 19.1. The van der Waals surface area contributed by atoms with Crippen molar-refractivity contribution in [3.8, 4) is 28.6 Å². The molecule has 7 heteroatoms. The van der Waals surface area contributed by atoms with Crippen LogP contribution in [0.2, 0.25) is 0 Å². The maximum atomic E-state index is 13.3. The van der Waals surface area contributed by atoms with E-state index in [1.807, 2.05) is 36.4 Å². The van der Waals surface area contributed by atoms with Crippen LogP contribution in [0.4, 0.5) is 4.39 Å². The summed E-state index contributed by atoms with van der Waals surface area (Å²) in [4.78, 5) is 12.1. The smallest absolute Gasteiger partial charge is 0.259 e. The zero-order valence-corrected chi connectivity index (χ0v) is 13.5. The summed E-state index contributed by atoms with van der Waals surface area (Å²) in [6.07, 6.45) is 6.05. The summed E-state index contributed by atoms with van der Waals surface area (Å²) < 4.78 is 24.3. The molecule has 0 aliphatic rings. The third-order valence-electron chi connectivity index (χ3n) is 3.60. The van der Waals surface area contributed by atoms with E-state index in [9.17, 15) is 4.39 Å².